The van der Waals surface area contributed by atoms with Crippen LogP contribution in [0.3, 0.4) is 0 Å². The van der Waals surface area contributed by atoms with E-state index in [1.165, 1.54) is 12.1 Å². The molecule has 0 saturated heterocycles. The highest BCUT2D eigenvalue weighted by Crippen LogP contribution is 2.34. The molecule has 0 radical (unpaired) electrons. The number of nitrogens with two attached hydrogens (primary N) is 1. The molecule has 0 atom stereocenters. The van der Waals surface area contributed by atoms with Gasteiger partial charge < -0.3 is 15.3 Å². The van der Waals surface area contributed by atoms with Gasteiger partial charge in [-0.1, -0.05) is 0 Å². The summed E-state index contributed by atoms with van der Waals surface area (Å²) in [5.74, 6) is -0.531. The first-order chi connectivity index (χ1) is 12.2. The van der Waals surface area contributed by atoms with E-state index in [1.807, 2.05) is 0 Å². The summed E-state index contributed by atoms with van der Waals surface area (Å²) < 4.78 is 31.2. The Morgan fingerprint density at radius 3 is 2.46 bits per heavy atom. The van der Waals surface area contributed by atoms with Gasteiger partial charge in [-0.2, -0.15) is 0 Å². The summed E-state index contributed by atoms with van der Waals surface area (Å²) >= 11 is 3.35. The Hall–Kier alpha value is -2.36. The predicted octanol–water partition coefficient (Wildman–Crippen LogP) is 2.76. The van der Waals surface area contributed by atoms with Gasteiger partial charge >= 0.3 is 0 Å². The maximum absolute atomic E-state index is 12.5. The topological polar surface area (TPSA) is 123 Å². The molecule has 3 rings (SSSR count). The third-order valence-electron chi connectivity index (χ3n) is 3.67. The molecule has 3 aromatic rings. The second-order valence-corrected chi connectivity index (χ2v) is 8.32. The lowest BCUT2D eigenvalue weighted by molar-refractivity contribution is 0.449. The molecule has 1 heterocycles. The van der Waals surface area contributed by atoms with Crippen LogP contribution in [0.1, 0.15) is 5.56 Å². The van der Waals surface area contributed by atoms with E-state index in [-0.39, 0.29) is 17.7 Å². The molecule has 0 spiro atoms. The van der Waals surface area contributed by atoms with Crippen LogP contribution in [-0.4, -0.2) is 19.8 Å². The number of hydrogen-bond acceptors (Lipinski definition) is 6. The molecule has 136 valence electrons. The molecule has 0 fully saturated rings. The molecule has 4 N–H and O–H groups in total. The van der Waals surface area contributed by atoms with E-state index in [0.717, 1.165) is 11.8 Å². The average molecular weight is 439 g/mol. The van der Waals surface area contributed by atoms with Crippen LogP contribution in [0.15, 0.2) is 50.1 Å². The molecule has 0 aliphatic carbocycles. The highest BCUT2D eigenvalue weighted by atomic mass is 79.9. The molecule has 1 aromatic heterocycles. The molecule has 7 nitrogen and oxygen atoms in total. The van der Waals surface area contributed by atoms with Crippen LogP contribution < -0.4 is 15.9 Å². The molecule has 0 amide bonds. The van der Waals surface area contributed by atoms with Crippen LogP contribution in [-0.2, 0) is 16.6 Å². The van der Waals surface area contributed by atoms with Crippen LogP contribution in [0.5, 0.6) is 5.75 Å². The Kier molecular flexibility index (Phi) is 4.78. The fourth-order valence-electron chi connectivity index (χ4n) is 2.52. The molecule has 0 bridgehead atoms. The van der Waals surface area contributed by atoms with Crippen molar-refractivity contribution in [3.63, 3.8) is 0 Å². The van der Waals surface area contributed by atoms with Gasteiger partial charge in [0, 0.05) is 17.8 Å². The largest absolute Gasteiger partial charge is 0.502 e. The number of halogens is 1. The van der Waals surface area contributed by atoms with E-state index in [9.17, 15) is 18.3 Å². The first-order valence-corrected chi connectivity index (χ1v) is 10.1. The quantitative estimate of drug-likeness (QED) is 0.575. The molecule has 0 saturated carbocycles. The predicted molar refractivity (Wildman–Crippen MR) is 104 cm³/mol. The number of sulfonamides is 1. The van der Waals surface area contributed by atoms with E-state index in [1.54, 1.807) is 24.3 Å². The highest BCUT2D eigenvalue weighted by molar-refractivity contribution is 9.10. The minimum absolute atomic E-state index is 0.00500. The van der Waals surface area contributed by atoms with Gasteiger partial charge in [0.1, 0.15) is 0 Å². The lowest BCUT2D eigenvalue weighted by atomic mass is 10.1. The molecule has 0 unspecified atom stereocenters. The van der Waals surface area contributed by atoms with Crippen molar-refractivity contribution in [1.29, 1.82) is 0 Å². The number of fused-ring (bicyclic) bond motifs is 1. The second kappa shape index (κ2) is 6.75. The molecule has 2 aromatic carbocycles. The van der Waals surface area contributed by atoms with Crippen LogP contribution in [0.4, 0.5) is 5.69 Å². The number of nitrogens with one attached hydrogen (secondary N) is 1. The molecule has 26 heavy (non-hydrogen) atoms. The first kappa shape index (κ1) is 18.4. The Bertz CT molecular complexity index is 1150. The maximum atomic E-state index is 12.5. The van der Waals surface area contributed by atoms with Gasteiger partial charge in [0.2, 0.25) is 21.2 Å². The highest BCUT2D eigenvalue weighted by Gasteiger charge is 2.17. The number of rotatable bonds is 4. The lowest BCUT2D eigenvalue weighted by Crippen LogP contribution is -2.09. The summed E-state index contributed by atoms with van der Waals surface area (Å²) in [6.45, 7) is 0.241. The fraction of sp³-hybridized carbons (Fsp3) is 0.118. The lowest BCUT2D eigenvalue weighted by Gasteiger charge is -2.09. The molecular weight excluding hydrogens is 424 g/mol. The second-order valence-electron chi connectivity index (χ2n) is 5.72. The number of anilines is 1. The van der Waals surface area contributed by atoms with E-state index in [2.05, 4.69) is 20.7 Å². The van der Waals surface area contributed by atoms with E-state index in [4.69, 9.17) is 10.2 Å². The standard InChI is InChI=1S/C17H15BrN2O5S/c1-26(23,24)20-11-4-2-10(3-5-11)16-15(22)14(21)12-6-9(8-19)7-13(18)17(12)25-16/h2-7,20,22H,8,19H2,1H3. The number of benzene rings is 2. The van der Waals surface area contributed by atoms with Gasteiger partial charge in [-0.3, -0.25) is 9.52 Å². The minimum atomic E-state index is -3.40. The number of aromatic hydroxyl groups is 1. The third-order valence-corrected chi connectivity index (χ3v) is 4.86. The Morgan fingerprint density at radius 1 is 1.23 bits per heavy atom. The SMILES string of the molecule is CS(=O)(=O)Nc1ccc(-c2oc3c(Br)cc(CN)cc3c(=O)c2O)cc1. The van der Waals surface area contributed by atoms with Crippen molar-refractivity contribution < 1.29 is 17.9 Å². The zero-order valence-electron chi connectivity index (χ0n) is 13.6. The van der Waals surface area contributed by atoms with E-state index in [0.29, 0.717) is 21.3 Å². The van der Waals surface area contributed by atoms with Gasteiger partial charge in [-0.15, -0.1) is 0 Å². The fourth-order valence-corrected chi connectivity index (χ4v) is 3.67. The Labute approximate surface area is 157 Å². The van der Waals surface area contributed by atoms with Crippen molar-refractivity contribution in [3.05, 3.63) is 56.7 Å². The van der Waals surface area contributed by atoms with Crippen LogP contribution in [0.2, 0.25) is 0 Å². The average Bonchev–Trinajstić information content (AvgIpc) is 2.57. The minimum Gasteiger partial charge on any atom is -0.502 e. The first-order valence-electron chi connectivity index (χ1n) is 7.46. The van der Waals surface area contributed by atoms with Crippen LogP contribution in [0.25, 0.3) is 22.3 Å². The summed E-state index contributed by atoms with van der Waals surface area (Å²) in [5, 5.41) is 10.5. The maximum Gasteiger partial charge on any atom is 0.235 e. The molecule has 0 aliphatic heterocycles. The third kappa shape index (κ3) is 3.59. The van der Waals surface area contributed by atoms with Crippen LogP contribution in [0, 0.1) is 0 Å². The van der Waals surface area contributed by atoms with Crippen molar-refractivity contribution >= 4 is 42.6 Å². The van der Waals surface area contributed by atoms with E-state index >= 15 is 0 Å². The smallest absolute Gasteiger partial charge is 0.235 e. The van der Waals surface area contributed by atoms with Gasteiger partial charge in [-0.05, 0) is 57.9 Å². The van der Waals surface area contributed by atoms with Gasteiger partial charge in [0.05, 0.1) is 16.1 Å². The van der Waals surface area contributed by atoms with E-state index < -0.39 is 21.2 Å². The monoisotopic (exact) mass is 438 g/mol. The van der Waals surface area contributed by atoms with Crippen molar-refractivity contribution in [2.75, 3.05) is 11.0 Å². The Morgan fingerprint density at radius 2 is 1.88 bits per heavy atom. The van der Waals surface area contributed by atoms with Crippen molar-refractivity contribution in [1.82, 2.24) is 0 Å². The summed E-state index contributed by atoms with van der Waals surface area (Å²) in [7, 11) is -3.40. The summed E-state index contributed by atoms with van der Waals surface area (Å²) in [5.41, 5.74) is 6.83. The Balaban J connectivity index is 2.15. The summed E-state index contributed by atoms with van der Waals surface area (Å²) in [4.78, 5) is 12.5. The summed E-state index contributed by atoms with van der Waals surface area (Å²) in [6.07, 6.45) is 1.04. The zero-order chi connectivity index (χ0) is 19.1. The van der Waals surface area contributed by atoms with Gasteiger partial charge in [-0.25, -0.2) is 8.42 Å². The van der Waals surface area contributed by atoms with Gasteiger partial charge in [0.25, 0.3) is 0 Å². The summed E-state index contributed by atoms with van der Waals surface area (Å²) in [6, 6.07) is 9.41. The van der Waals surface area contributed by atoms with Crippen LogP contribution >= 0.6 is 15.9 Å². The van der Waals surface area contributed by atoms with Gasteiger partial charge in [0.15, 0.2) is 11.3 Å². The van der Waals surface area contributed by atoms with Crippen molar-refractivity contribution in [2.45, 2.75) is 6.54 Å². The van der Waals surface area contributed by atoms with Crippen molar-refractivity contribution in [2.24, 2.45) is 5.73 Å². The molecule has 9 heteroatoms. The molecule has 0 aliphatic rings. The normalized spacial score (nSPS) is 11.7. The number of hydrogen-bond donors (Lipinski definition) is 3. The molecular formula is C17H15BrN2O5S. The zero-order valence-corrected chi connectivity index (χ0v) is 16.0. The van der Waals surface area contributed by atoms with Crippen molar-refractivity contribution in [3.8, 4) is 17.1 Å².